The first-order chi connectivity index (χ1) is 9.13. The Hall–Kier alpha value is -2.56. The van der Waals surface area contributed by atoms with Crippen molar-refractivity contribution in [3.8, 4) is 5.75 Å². The van der Waals surface area contributed by atoms with Crippen molar-refractivity contribution in [2.45, 2.75) is 0 Å². The van der Waals surface area contributed by atoms with E-state index in [1.807, 2.05) is 0 Å². The van der Waals surface area contributed by atoms with Crippen molar-refractivity contribution >= 4 is 18.0 Å². The third-order valence-electron chi connectivity index (χ3n) is 2.16. The number of ether oxygens (including phenoxy) is 1. The summed E-state index contributed by atoms with van der Waals surface area (Å²) < 4.78 is 4.69. The molecule has 0 fully saturated rings. The van der Waals surface area contributed by atoms with Gasteiger partial charge in [0.05, 0.1) is 6.54 Å². The summed E-state index contributed by atoms with van der Waals surface area (Å²) in [6, 6.07) is 6.67. The number of phenolic OH excluding ortho intramolecular Hbond substituents is 1. The minimum Gasteiger partial charge on any atom is -0.507 e. The van der Waals surface area contributed by atoms with Crippen LogP contribution < -0.4 is 5.32 Å². The van der Waals surface area contributed by atoms with Crippen LogP contribution in [0.25, 0.3) is 6.08 Å². The lowest BCUT2D eigenvalue weighted by atomic mass is 10.2. The summed E-state index contributed by atoms with van der Waals surface area (Å²) >= 11 is 0. The summed E-state index contributed by atoms with van der Waals surface area (Å²) in [5.74, 6) is -0.761. The van der Waals surface area contributed by atoms with Crippen LogP contribution in [0.1, 0.15) is 5.56 Å². The number of hydrogen-bond donors (Lipinski definition) is 2. The first-order valence-electron chi connectivity index (χ1n) is 5.66. The molecule has 0 aliphatic rings. The zero-order valence-electron chi connectivity index (χ0n) is 10.3. The lowest BCUT2D eigenvalue weighted by Gasteiger charge is -2.02. The first kappa shape index (κ1) is 14.5. The number of rotatable bonds is 6. The number of hydrogen-bond acceptors (Lipinski definition) is 4. The average molecular weight is 261 g/mol. The van der Waals surface area contributed by atoms with Gasteiger partial charge in [-0.05, 0) is 12.1 Å². The van der Waals surface area contributed by atoms with Crippen molar-refractivity contribution in [3.05, 3.63) is 48.6 Å². The monoisotopic (exact) mass is 261 g/mol. The molecule has 0 bridgehead atoms. The quantitative estimate of drug-likeness (QED) is 0.459. The van der Waals surface area contributed by atoms with E-state index in [0.29, 0.717) is 5.56 Å². The van der Waals surface area contributed by atoms with Gasteiger partial charge in [0.25, 0.3) is 0 Å². The highest BCUT2D eigenvalue weighted by Gasteiger charge is 1.99. The summed E-state index contributed by atoms with van der Waals surface area (Å²) in [6.45, 7) is 3.55. The minimum absolute atomic E-state index is 0.0843. The van der Waals surface area contributed by atoms with Gasteiger partial charge in [-0.3, -0.25) is 4.79 Å². The Morgan fingerprint density at radius 2 is 2.11 bits per heavy atom. The highest BCUT2D eigenvalue weighted by molar-refractivity contribution is 5.92. The molecular weight excluding hydrogens is 246 g/mol. The predicted octanol–water partition coefficient (Wildman–Crippen LogP) is 1.25. The van der Waals surface area contributed by atoms with E-state index in [1.165, 1.54) is 18.2 Å². The molecule has 1 amide bonds. The van der Waals surface area contributed by atoms with Crippen molar-refractivity contribution in [2.75, 3.05) is 13.2 Å². The van der Waals surface area contributed by atoms with Gasteiger partial charge in [0, 0.05) is 17.7 Å². The number of phenols is 1. The molecule has 0 aromatic heterocycles. The Morgan fingerprint density at radius 3 is 2.79 bits per heavy atom. The molecule has 0 spiro atoms. The van der Waals surface area contributed by atoms with E-state index >= 15 is 0 Å². The van der Waals surface area contributed by atoms with Gasteiger partial charge >= 0.3 is 5.97 Å². The summed E-state index contributed by atoms with van der Waals surface area (Å²) in [4.78, 5) is 22.1. The third-order valence-corrected chi connectivity index (χ3v) is 2.16. The molecule has 1 rings (SSSR count). The van der Waals surface area contributed by atoms with Crippen LogP contribution in [0.3, 0.4) is 0 Å². The zero-order chi connectivity index (χ0) is 14.1. The maximum Gasteiger partial charge on any atom is 0.330 e. The Morgan fingerprint density at radius 1 is 1.37 bits per heavy atom. The highest BCUT2D eigenvalue weighted by atomic mass is 16.5. The van der Waals surface area contributed by atoms with Gasteiger partial charge < -0.3 is 15.2 Å². The van der Waals surface area contributed by atoms with E-state index in [4.69, 9.17) is 0 Å². The molecule has 0 atom stereocenters. The normalized spacial score (nSPS) is 10.1. The Kier molecular flexibility index (Phi) is 5.88. The van der Waals surface area contributed by atoms with Gasteiger partial charge in [-0.15, -0.1) is 0 Å². The Labute approximate surface area is 111 Å². The van der Waals surface area contributed by atoms with Crippen LogP contribution in [-0.4, -0.2) is 30.1 Å². The van der Waals surface area contributed by atoms with Crippen molar-refractivity contribution < 1.29 is 19.4 Å². The van der Waals surface area contributed by atoms with Crippen molar-refractivity contribution in [1.82, 2.24) is 5.32 Å². The maximum atomic E-state index is 11.4. The molecular formula is C14H15NO4. The number of carbonyl (C=O) groups excluding carboxylic acids is 2. The number of carbonyl (C=O) groups is 2. The van der Waals surface area contributed by atoms with Crippen molar-refractivity contribution in [2.24, 2.45) is 0 Å². The molecule has 5 heteroatoms. The second-order valence-electron chi connectivity index (χ2n) is 3.55. The van der Waals surface area contributed by atoms with Gasteiger partial charge in [0.15, 0.2) is 0 Å². The van der Waals surface area contributed by atoms with E-state index in [0.717, 1.165) is 6.08 Å². The number of nitrogens with one attached hydrogen (secondary N) is 1. The van der Waals surface area contributed by atoms with Crippen molar-refractivity contribution in [3.63, 3.8) is 0 Å². The minimum atomic E-state index is -0.529. The molecule has 0 aliphatic heterocycles. The van der Waals surface area contributed by atoms with Gasteiger partial charge in [-0.1, -0.05) is 24.8 Å². The lowest BCUT2D eigenvalue weighted by Crippen LogP contribution is -2.26. The molecule has 19 heavy (non-hydrogen) atoms. The van der Waals surface area contributed by atoms with Crippen LogP contribution in [0.2, 0.25) is 0 Å². The summed E-state index contributed by atoms with van der Waals surface area (Å²) in [5.41, 5.74) is 0.552. The number of amides is 1. The fourth-order valence-corrected chi connectivity index (χ4v) is 1.24. The number of esters is 1. The highest BCUT2D eigenvalue weighted by Crippen LogP contribution is 2.16. The van der Waals surface area contributed by atoms with Gasteiger partial charge in [-0.25, -0.2) is 4.79 Å². The second-order valence-corrected chi connectivity index (χ2v) is 3.55. The van der Waals surface area contributed by atoms with Crippen LogP contribution in [0.15, 0.2) is 43.0 Å². The molecule has 1 aromatic carbocycles. The molecule has 0 radical (unpaired) electrons. The standard InChI is InChI=1S/C14H15NO4/c1-2-14(18)19-10-9-15-13(17)8-7-11-5-3-4-6-12(11)16/h2-8,16H,1,9-10H2,(H,15,17)/b8-7+. The molecule has 2 N–H and O–H groups in total. The fraction of sp³-hybridized carbons (Fsp3) is 0.143. The van der Waals surface area contributed by atoms with E-state index in [-0.39, 0.29) is 24.8 Å². The topological polar surface area (TPSA) is 75.6 Å². The molecule has 1 aromatic rings. The number of aromatic hydroxyl groups is 1. The van der Waals surface area contributed by atoms with Crippen LogP contribution in [-0.2, 0) is 14.3 Å². The fourth-order valence-electron chi connectivity index (χ4n) is 1.24. The largest absolute Gasteiger partial charge is 0.507 e. The summed E-state index contributed by atoms with van der Waals surface area (Å²) in [7, 11) is 0. The van der Waals surface area contributed by atoms with Crippen LogP contribution in [0, 0.1) is 0 Å². The average Bonchev–Trinajstić information content (AvgIpc) is 2.42. The third kappa shape index (κ3) is 5.54. The van der Waals surface area contributed by atoms with Gasteiger partial charge in [-0.2, -0.15) is 0 Å². The first-order valence-corrected chi connectivity index (χ1v) is 5.66. The van der Waals surface area contributed by atoms with Crippen LogP contribution in [0.5, 0.6) is 5.75 Å². The zero-order valence-corrected chi connectivity index (χ0v) is 10.3. The SMILES string of the molecule is C=CC(=O)OCCNC(=O)/C=C/c1ccccc1O. The molecule has 5 nitrogen and oxygen atoms in total. The van der Waals surface area contributed by atoms with E-state index in [9.17, 15) is 14.7 Å². The second kappa shape index (κ2) is 7.71. The van der Waals surface area contributed by atoms with Gasteiger partial charge in [0.1, 0.15) is 12.4 Å². The number of para-hydroxylation sites is 1. The molecule has 0 aliphatic carbocycles. The van der Waals surface area contributed by atoms with Gasteiger partial charge in [0.2, 0.25) is 5.91 Å². The molecule has 0 saturated carbocycles. The van der Waals surface area contributed by atoms with E-state index in [1.54, 1.807) is 18.2 Å². The van der Waals surface area contributed by atoms with E-state index in [2.05, 4.69) is 16.6 Å². The van der Waals surface area contributed by atoms with Crippen LogP contribution >= 0.6 is 0 Å². The number of benzene rings is 1. The smallest absolute Gasteiger partial charge is 0.330 e. The molecule has 100 valence electrons. The van der Waals surface area contributed by atoms with Crippen LogP contribution in [0.4, 0.5) is 0 Å². The predicted molar refractivity (Wildman–Crippen MR) is 71.3 cm³/mol. The lowest BCUT2D eigenvalue weighted by molar-refractivity contribution is -0.138. The molecule has 0 unspecified atom stereocenters. The summed E-state index contributed by atoms with van der Waals surface area (Å²) in [5, 5.41) is 12.0. The Balaban J connectivity index is 2.33. The van der Waals surface area contributed by atoms with E-state index < -0.39 is 5.97 Å². The molecule has 0 saturated heterocycles. The maximum absolute atomic E-state index is 11.4. The molecule has 0 heterocycles. The Bertz CT molecular complexity index is 494. The summed E-state index contributed by atoms with van der Waals surface area (Å²) in [6.07, 6.45) is 3.85. The van der Waals surface area contributed by atoms with Crippen molar-refractivity contribution in [1.29, 1.82) is 0 Å².